The molecule has 118 valence electrons. The van der Waals surface area contributed by atoms with E-state index >= 15 is 0 Å². The molecule has 1 aromatic heterocycles. The van der Waals surface area contributed by atoms with Crippen LogP contribution in [0.1, 0.15) is 10.4 Å². The lowest BCUT2D eigenvalue weighted by Gasteiger charge is -2.10. The number of methoxy groups -OCH3 is 1. The molecule has 0 bridgehead atoms. The van der Waals surface area contributed by atoms with E-state index in [0.717, 1.165) is 38.7 Å². The Morgan fingerprint density at radius 1 is 1.00 bits per heavy atom. The Labute approximate surface area is 138 Å². The third-order valence-corrected chi connectivity index (χ3v) is 4.30. The summed E-state index contributed by atoms with van der Waals surface area (Å²) in [4.78, 5) is 15.3. The van der Waals surface area contributed by atoms with Crippen molar-refractivity contribution in [3.63, 3.8) is 0 Å². The first-order chi connectivity index (χ1) is 11.7. The maximum absolute atomic E-state index is 12.0. The first kappa shape index (κ1) is 14.3. The van der Waals surface area contributed by atoms with Crippen molar-refractivity contribution < 1.29 is 9.53 Å². The van der Waals surface area contributed by atoms with E-state index < -0.39 is 5.91 Å². The number of H-pyrrole nitrogens is 1. The second-order valence-corrected chi connectivity index (χ2v) is 5.68. The normalized spacial score (nSPS) is 11.0. The Morgan fingerprint density at radius 3 is 2.54 bits per heavy atom. The van der Waals surface area contributed by atoms with Crippen LogP contribution in [0, 0.1) is 0 Å². The minimum Gasteiger partial charge on any atom is -0.496 e. The highest BCUT2D eigenvalue weighted by Crippen LogP contribution is 2.36. The Bertz CT molecular complexity index is 1080. The highest BCUT2D eigenvalue weighted by atomic mass is 16.5. The third kappa shape index (κ3) is 2.12. The molecule has 4 heteroatoms. The number of nitrogens with one attached hydrogen (secondary N) is 1. The topological polar surface area (TPSA) is 68.1 Å². The van der Waals surface area contributed by atoms with Gasteiger partial charge in [-0.25, -0.2) is 0 Å². The van der Waals surface area contributed by atoms with Crippen LogP contribution in [-0.4, -0.2) is 18.0 Å². The molecule has 0 radical (unpaired) electrons. The van der Waals surface area contributed by atoms with Crippen molar-refractivity contribution in [2.75, 3.05) is 7.11 Å². The molecule has 3 N–H and O–H groups in total. The van der Waals surface area contributed by atoms with Gasteiger partial charge in [0, 0.05) is 21.9 Å². The van der Waals surface area contributed by atoms with Crippen molar-refractivity contribution in [1.29, 1.82) is 0 Å². The Morgan fingerprint density at radius 2 is 1.75 bits per heavy atom. The molecule has 0 spiro atoms. The molecule has 0 saturated heterocycles. The summed E-state index contributed by atoms with van der Waals surface area (Å²) in [5.41, 5.74) is 9.68. The van der Waals surface area contributed by atoms with Crippen molar-refractivity contribution in [2.24, 2.45) is 5.73 Å². The van der Waals surface area contributed by atoms with Gasteiger partial charge in [0.25, 0.3) is 5.91 Å². The number of aromatic amines is 1. The number of hydrogen-bond donors (Lipinski definition) is 2. The number of hydrogen-bond acceptors (Lipinski definition) is 2. The number of nitrogens with two attached hydrogens (primary N) is 1. The average molecular weight is 316 g/mol. The van der Waals surface area contributed by atoms with Crippen LogP contribution in [0.25, 0.3) is 32.9 Å². The Kier molecular flexibility index (Phi) is 3.24. The first-order valence-electron chi connectivity index (χ1n) is 7.66. The molecule has 24 heavy (non-hydrogen) atoms. The predicted molar refractivity (Wildman–Crippen MR) is 96.3 cm³/mol. The van der Waals surface area contributed by atoms with Crippen molar-refractivity contribution in [1.82, 2.24) is 4.98 Å². The van der Waals surface area contributed by atoms with E-state index in [9.17, 15) is 4.79 Å². The van der Waals surface area contributed by atoms with Crippen molar-refractivity contribution in [3.05, 3.63) is 66.2 Å². The summed E-state index contributed by atoms with van der Waals surface area (Å²) >= 11 is 0. The minimum atomic E-state index is -0.455. The molecule has 0 atom stereocenters. The largest absolute Gasteiger partial charge is 0.496 e. The van der Waals surface area contributed by atoms with Gasteiger partial charge in [0.2, 0.25) is 0 Å². The van der Waals surface area contributed by atoms with Crippen LogP contribution in [0.5, 0.6) is 5.75 Å². The number of aromatic nitrogens is 1. The molecule has 0 aliphatic heterocycles. The number of benzene rings is 3. The smallest absolute Gasteiger partial charge is 0.250 e. The summed E-state index contributed by atoms with van der Waals surface area (Å²) in [5.74, 6) is 0.301. The van der Waals surface area contributed by atoms with Gasteiger partial charge >= 0.3 is 0 Å². The third-order valence-electron chi connectivity index (χ3n) is 4.30. The second-order valence-electron chi connectivity index (χ2n) is 5.68. The average Bonchev–Trinajstić information content (AvgIpc) is 2.99. The van der Waals surface area contributed by atoms with E-state index in [1.165, 1.54) is 0 Å². The molecule has 0 aliphatic rings. The van der Waals surface area contributed by atoms with Gasteiger partial charge in [0.05, 0.1) is 18.2 Å². The van der Waals surface area contributed by atoms with Crippen LogP contribution in [0.3, 0.4) is 0 Å². The molecule has 1 amide bonds. The molecule has 0 saturated carbocycles. The maximum Gasteiger partial charge on any atom is 0.250 e. The number of primary amides is 1. The van der Waals surface area contributed by atoms with E-state index in [1.54, 1.807) is 7.11 Å². The summed E-state index contributed by atoms with van der Waals surface area (Å²) in [6, 6.07) is 19.6. The Hall–Kier alpha value is -3.27. The molecule has 4 nitrogen and oxygen atoms in total. The summed E-state index contributed by atoms with van der Waals surface area (Å²) in [6.45, 7) is 0. The van der Waals surface area contributed by atoms with E-state index in [4.69, 9.17) is 10.5 Å². The van der Waals surface area contributed by atoms with Crippen molar-refractivity contribution >= 4 is 27.7 Å². The van der Waals surface area contributed by atoms with Crippen LogP contribution in [0.4, 0.5) is 0 Å². The van der Waals surface area contributed by atoms with Gasteiger partial charge in [-0.15, -0.1) is 0 Å². The van der Waals surface area contributed by atoms with Gasteiger partial charge in [0.1, 0.15) is 5.75 Å². The fraction of sp³-hybridized carbons (Fsp3) is 0.0500. The molecule has 4 rings (SSSR count). The zero-order chi connectivity index (χ0) is 16.7. The SMILES string of the molecule is COc1ccccc1-c1cc(C(N)=O)c2[nH]c3ccccc3c2c1. The van der Waals surface area contributed by atoms with Gasteiger partial charge in [-0.1, -0.05) is 36.4 Å². The molecular formula is C20H16N2O2. The van der Waals surface area contributed by atoms with Crippen molar-refractivity contribution in [2.45, 2.75) is 0 Å². The number of rotatable bonds is 3. The molecule has 3 aromatic carbocycles. The predicted octanol–water partition coefficient (Wildman–Crippen LogP) is 4.10. The highest BCUT2D eigenvalue weighted by molar-refractivity contribution is 6.16. The van der Waals surface area contributed by atoms with Gasteiger partial charge in [0.15, 0.2) is 0 Å². The fourth-order valence-electron chi connectivity index (χ4n) is 3.18. The van der Waals surface area contributed by atoms with E-state index in [1.807, 2.05) is 54.6 Å². The second kappa shape index (κ2) is 5.42. The van der Waals surface area contributed by atoms with Gasteiger partial charge in [-0.2, -0.15) is 0 Å². The van der Waals surface area contributed by atoms with Gasteiger partial charge < -0.3 is 15.5 Å². The van der Waals surface area contributed by atoms with Crippen LogP contribution < -0.4 is 10.5 Å². The first-order valence-corrected chi connectivity index (χ1v) is 7.66. The molecular weight excluding hydrogens is 300 g/mol. The zero-order valence-electron chi connectivity index (χ0n) is 13.2. The number of carbonyl (C=O) groups is 1. The zero-order valence-corrected chi connectivity index (χ0v) is 13.2. The number of fused-ring (bicyclic) bond motifs is 3. The number of carbonyl (C=O) groups excluding carboxylic acids is 1. The molecule has 0 aliphatic carbocycles. The monoisotopic (exact) mass is 316 g/mol. The van der Waals surface area contributed by atoms with Gasteiger partial charge in [-0.05, 0) is 29.8 Å². The summed E-state index contributed by atoms with van der Waals surface area (Å²) in [7, 11) is 1.64. The molecule has 1 heterocycles. The number of ether oxygens (including phenoxy) is 1. The van der Waals surface area contributed by atoms with Crippen LogP contribution in [0.2, 0.25) is 0 Å². The van der Waals surface area contributed by atoms with Crippen LogP contribution in [0.15, 0.2) is 60.7 Å². The molecule has 4 aromatic rings. The standard InChI is InChI=1S/C20H16N2O2/c1-24-18-9-5-3-6-13(18)12-10-15-14-7-2-4-8-17(14)22-19(15)16(11-12)20(21)23/h2-11,22H,1H3,(H2,21,23). The van der Waals surface area contributed by atoms with Crippen LogP contribution in [-0.2, 0) is 0 Å². The lowest BCUT2D eigenvalue weighted by molar-refractivity contribution is 0.100. The lowest BCUT2D eigenvalue weighted by atomic mass is 9.98. The van der Waals surface area contributed by atoms with E-state index in [0.29, 0.717) is 5.56 Å². The molecule has 0 fully saturated rings. The summed E-state index contributed by atoms with van der Waals surface area (Å²) < 4.78 is 5.46. The summed E-state index contributed by atoms with van der Waals surface area (Å²) in [5, 5.41) is 2.04. The van der Waals surface area contributed by atoms with Crippen LogP contribution >= 0.6 is 0 Å². The van der Waals surface area contributed by atoms with Crippen molar-refractivity contribution in [3.8, 4) is 16.9 Å². The molecule has 0 unspecified atom stereocenters. The lowest BCUT2D eigenvalue weighted by Crippen LogP contribution is -2.11. The quantitative estimate of drug-likeness (QED) is 0.597. The number of para-hydroxylation sites is 2. The van der Waals surface area contributed by atoms with E-state index in [-0.39, 0.29) is 0 Å². The Balaban J connectivity index is 2.10. The summed E-state index contributed by atoms with van der Waals surface area (Å²) in [6.07, 6.45) is 0. The highest BCUT2D eigenvalue weighted by Gasteiger charge is 2.15. The van der Waals surface area contributed by atoms with Gasteiger partial charge in [-0.3, -0.25) is 4.79 Å². The number of amides is 1. The maximum atomic E-state index is 12.0. The van der Waals surface area contributed by atoms with E-state index in [2.05, 4.69) is 11.1 Å². The fourth-order valence-corrected chi connectivity index (χ4v) is 3.18. The minimum absolute atomic E-state index is 0.455.